The molecule has 0 aromatic heterocycles. The first-order chi connectivity index (χ1) is 6.07. The summed E-state index contributed by atoms with van der Waals surface area (Å²) in [6.45, 7) is 1.85. The molecule has 1 aromatic carbocycles. The van der Waals surface area contributed by atoms with Crippen LogP contribution in [-0.2, 0) is 0 Å². The molecule has 0 saturated heterocycles. The van der Waals surface area contributed by atoms with Gasteiger partial charge >= 0.3 is 0 Å². The predicted molar refractivity (Wildman–Crippen MR) is 55.0 cm³/mol. The molecule has 0 unspecified atom stereocenters. The van der Waals surface area contributed by atoms with Gasteiger partial charge in [0.05, 0.1) is 11.6 Å². The van der Waals surface area contributed by atoms with Crippen molar-refractivity contribution in [2.45, 2.75) is 13.0 Å². The molecule has 0 aliphatic rings. The van der Waals surface area contributed by atoms with E-state index in [0.29, 0.717) is 10.2 Å². The van der Waals surface area contributed by atoms with Crippen LogP contribution < -0.4 is 10.5 Å². The van der Waals surface area contributed by atoms with E-state index in [0.717, 1.165) is 5.56 Å². The Morgan fingerprint density at radius 2 is 2.15 bits per heavy atom. The van der Waals surface area contributed by atoms with E-state index in [1.54, 1.807) is 6.07 Å². The number of halogens is 1. The van der Waals surface area contributed by atoms with Gasteiger partial charge in [-0.1, -0.05) is 6.07 Å². The molecule has 1 aromatic rings. The van der Waals surface area contributed by atoms with Crippen molar-refractivity contribution in [3.63, 3.8) is 0 Å². The minimum Gasteiger partial charge on any atom is -0.503 e. The van der Waals surface area contributed by atoms with Crippen LogP contribution in [0.3, 0.4) is 0 Å². The van der Waals surface area contributed by atoms with E-state index in [2.05, 4.69) is 15.9 Å². The molecule has 4 heteroatoms. The Balaban J connectivity index is 3.23. The number of ether oxygens (including phenoxy) is 1. The maximum atomic E-state index is 9.60. The van der Waals surface area contributed by atoms with Gasteiger partial charge in [-0.2, -0.15) is 0 Å². The van der Waals surface area contributed by atoms with E-state index < -0.39 is 0 Å². The summed E-state index contributed by atoms with van der Waals surface area (Å²) in [6, 6.07) is 3.40. The van der Waals surface area contributed by atoms with Crippen LogP contribution in [0.1, 0.15) is 18.5 Å². The van der Waals surface area contributed by atoms with Crippen molar-refractivity contribution in [2.24, 2.45) is 5.73 Å². The van der Waals surface area contributed by atoms with E-state index in [1.807, 2.05) is 13.0 Å². The van der Waals surface area contributed by atoms with Crippen molar-refractivity contribution in [1.82, 2.24) is 0 Å². The van der Waals surface area contributed by atoms with Crippen molar-refractivity contribution in [1.29, 1.82) is 0 Å². The van der Waals surface area contributed by atoms with Gasteiger partial charge in [-0.3, -0.25) is 0 Å². The Labute approximate surface area is 85.6 Å². The summed E-state index contributed by atoms with van der Waals surface area (Å²) in [5.41, 5.74) is 6.55. The average Bonchev–Trinajstić information content (AvgIpc) is 2.09. The third-order valence-electron chi connectivity index (χ3n) is 1.82. The van der Waals surface area contributed by atoms with Gasteiger partial charge < -0.3 is 15.6 Å². The summed E-state index contributed by atoms with van der Waals surface area (Å²) in [6.07, 6.45) is 0. The molecular formula is C9H12BrNO2. The summed E-state index contributed by atoms with van der Waals surface area (Å²) >= 11 is 3.26. The highest BCUT2D eigenvalue weighted by Crippen LogP contribution is 2.38. The molecule has 0 aliphatic carbocycles. The van der Waals surface area contributed by atoms with Gasteiger partial charge in [-0.05, 0) is 34.5 Å². The zero-order chi connectivity index (χ0) is 10.0. The highest BCUT2D eigenvalue weighted by Gasteiger charge is 2.12. The largest absolute Gasteiger partial charge is 0.503 e. The van der Waals surface area contributed by atoms with E-state index >= 15 is 0 Å². The van der Waals surface area contributed by atoms with E-state index in [4.69, 9.17) is 10.5 Å². The molecule has 1 atom stereocenters. The number of aromatic hydroxyl groups is 1. The monoisotopic (exact) mass is 245 g/mol. The standard InChI is InChI=1S/C9H12BrNO2/c1-5(11)6-3-4-7(13-2)9(12)8(6)10/h3-5,12H,11H2,1-2H3/t5-/m1/s1. The topological polar surface area (TPSA) is 55.5 Å². The lowest BCUT2D eigenvalue weighted by molar-refractivity contribution is 0.371. The zero-order valence-corrected chi connectivity index (χ0v) is 9.13. The molecule has 3 N–H and O–H groups in total. The van der Waals surface area contributed by atoms with Crippen molar-refractivity contribution < 1.29 is 9.84 Å². The summed E-state index contributed by atoms with van der Waals surface area (Å²) in [5.74, 6) is 0.536. The SMILES string of the molecule is COc1ccc([C@@H](C)N)c(Br)c1O. The summed E-state index contributed by atoms with van der Waals surface area (Å²) in [4.78, 5) is 0. The average molecular weight is 246 g/mol. The normalized spacial score (nSPS) is 12.6. The molecule has 0 amide bonds. The van der Waals surface area contributed by atoms with Crippen molar-refractivity contribution in [3.8, 4) is 11.5 Å². The van der Waals surface area contributed by atoms with Gasteiger partial charge in [-0.15, -0.1) is 0 Å². The quantitative estimate of drug-likeness (QED) is 0.840. The second-order valence-corrected chi connectivity index (χ2v) is 3.60. The highest BCUT2D eigenvalue weighted by molar-refractivity contribution is 9.10. The fourth-order valence-corrected chi connectivity index (χ4v) is 1.77. The van der Waals surface area contributed by atoms with Gasteiger partial charge in [0.2, 0.25) is 0 Å². The molecule has 13 heavy (non-hydrogen) atoms. The number of methoxy groups -OCH3 is 1. The molecule has 3 nitrogen and oxygen atoms in total. The molecule has 0 bridgehead atoms. The summed E-state index contributed by atoms with van der Waals surface area (Å²) < 4.78 is 5.54. The van der Waals surface area contributed by atoms with E-state index in [9.17, 15) is 5.11 Å². The molecule has 0 heterocycles. The predicted octanol–water partition coefficient (Wildman–Crippen LogP) is 2.18. The Morgan fingerprint density at radius 3 is 2.62 bits per heavy atom. The Hall–Kier alpha value is -0.740. The lowest BCUT2D eigenvalue weighted by Crippen LogP contribution is -2.05. The number of phenolic OH excluding ortho intramolecular Hbond substituents is 1. The molecule has 0 fully saturated rings. The van der Waals surface area contributed by atoms with Crippen LogP contribution in [0.15, 0.2) is 16.6 Å². The highest BCUT2D eigenvalue weighted by atomic mass is 79.9. The second kappa shape index (κ2) is 3.98. The van der Waals surface area contributed by atoms with Gasteiger partial charge in [0, 0.05) is 6.04 Å². The van der Waals surface area contributed by atoms with Crippen LogP contribution in [0, 0.1) is 0 Å². The molecule has 0 aliphatic heterocycles. The summed E-state index contributed by atoms with van der Waals surface area (Å²) in [7, 11) is 1.51. The smallest absolute Gasteiger partial charge is 0.172 e. The third-order valence-corrected chi connectivity index (χ3v) is 2.65. The lowest BCUT2D eigenvalue weighted by atomic mass is 10.1. The number of benzene rings is 1. The summed E-state index contributed by atoms with van der Waals surface area (Å²) in [5, 5.41) is 9.60. The number of hydrogen-bond acceptors (Lipinski definition) is 3. The minimum atomic E-state index is -0.119. The van der Waals surface area contributed by atoms with Gasteiger partial charge in [0.15, 0.2) is 11.5 Å². The fourth-order valence-electron chi connectivity index (χ4n) is 1.08. The van der Waals surface area contributed by atoms with Gasteiger partial charge in [0.1, 0.15) is 0 Å². The van der Waals surface area contributed by atoms with Crippen LogP contribution >= 0.6 is 15.9 Å². The van der Waals surface area contributed by atoms with Crippen LogP contribution in [0.2, 0.25) is 0 Å². The maximum absolute atomic E-state index is 9.60. The second-order valence-electron chi connectivity index (χ2n) is 2.81. The molecule has 0 saturated carbocycles. The molecule has 0 spiro atoms. The first kappa shape index (κ1) is 10.3. The Kier molecular flexibility index (Phi) is 3.17. The van der Waals surface area contributed by atoms with Crippen LogP contribution in [0.4, 0.5) is 0 Å². The Morgan fingerprint density at radius 1 is 1.54 bits per heavy atom. The van der Waals surface area contributed by atoms with Crippen molar-refractivity contribution in [2.75, 3.05) is 7.11 Å². The van der Waals surface area contributed by atoms with Crippen LogP contribution in [0.5, 0.6) is 11.5 Å². The minimum absolute atomic E-state index is 0.0947. The van der Waals surface area contributed by atoms with Crippen LogP contribution in [0.25, 0.3) is 0 Å². The lowest BCUT2D eigenvalue weighted by Gasteiger charge is -2.12. The molecule has 72 valence electrons. The number of hydrogen-bond donors (Lipinski definition) is 2. The number of phenols is 1. The van der Waals surface area contributed by atoms with E-state index in [1.165, 1.54) is 7.11 Å². The maximum Gasteiger partial charge on any atom is 0.172 e. The van der Waals surface area contributed by atoms with Gasteiger partial charge in [0.25, 0.3) is 0 Å². The number of nitrogens with two attached hydrogens (primary N) is 1. The molecular weight excluding hydrogens is 234 g/mol. The van der Waals surface area contributed by atoms with Crippen molar-refractivity contribution in [3.05, 3.63) is 22.2 Å². The molecule has 0 radical (unpaired) electrons. The fraction of sp³-hybridized carbons (Fsp3) is 0.333. The number of rotatable bonds is 2. The third kappa shape index (κ3) is 1.95. The van der Waals surface area contributed by atoms with E-state index in [-0.39, 0.29) is 11.8 Å². The zero-order valence-electron chi connectivity index (χ0n) is 7.54. The Bertz CT molecular complexity index is 313. The first-order valence-corrected chi connectivity index (χ1v) is 4.68. The molecule has 1 rings (SSSR count). The first-order valence-electron chi connectivity index (χ1n) is 3.89. The van der Waals surface area contributed by atoms with Crippen LogP contribution in [-0.4, -0.2) is 12.2 Å². The van der Waals surface area contributed by atoms with Gasteiger partial charge in [-0.25, -0.2) is 0 Å². The van der Waals surface area contributed by atoms with Crippen molar-refractivity contribution >= 4 is 15.9 Å².